The highest BCUT2D eigenvalue weighted by atomic mass is 16.5. The van der Waals surface area contributed by atoms with Gasteiger partial charge < -0.3 is 10.5 Å². The molecule has 2 N–H and O–H groups in total. The van der Waals surface area contributed by atoms with Crippen molar-refractivity contribution in [2.24, 2.45) is 5.41 Å². The van der Waals surface area contributed by atoms with Crippen LogP contribution >= 0.6 is 0 Å². The Balaban J connectivity index is 1.78. The SMILES string of the molecule is CC(C)(C)CCCOc1ccc(-c2cccc(N)n2)c2c1CCC2. The van der Waals surface area contributed by atoms with Gasteiger partial charge in [-0.05, 0) is 72.9 Å². The van der Waals surface area contributed by atoms with Gasteiger partial charge in [-0.2, -0.15) is 0 Å². The number of anilines is 1. The second-order valence-electron chi connectivity index (χ2n) is 7.88. The van der Waals surface area contributed by atoms with Gasteiger partial charge in [0.15, 0.2) is 0 Å². The lowest BCUT2D eigenvalue weighted by Crippen LogP contribution is -2.08. The minimum absolute atomic E-state index is 0.369. The van der Waals surface area contributed by atoms with Gasteiger partial charge in [-0.25, -0.2) is 4.98 Å². The monoisotopic (exact) mass is 324 g/mol. The number of nitrogen functional groups attached to an aromatic ring is 1. The number of pyridine rings is 1. The van der Waals surface area contributed by atoms with Gasteiger partial charge in [0.1, 0.15) is 11.6 Å². The van der Waals surface area contributed by atoms with Crippen LogP contribution in [-0.2, 0) is 12.8 Å². The molecule has 1 aliphatic rings. The predicted molar refractivity (Wildman–Crippen MR) is 100 cm³/mol. The summed E-state index contributed by atoms with van der Waals surface area (Å²) in [5.41, 5.74) is 11.1. The number of hydrogen-bond donors (Lipinski definition) is 1. The maximum absolute atomic E-state index is 6.11. The van der Waals surface area contributed by atoms with Crippen LogP contribution in [0.3, 0.4) is 0 Å². The molecule has 0 saturated carbocycles. The molecule has 3 heteroatoms. The lowest BCUT2D eigenvalue weighted by atomic mass is 9.91. The number of nitrogens with two attached hydrogens (primary N) is 1. The number of fused-ring (bicyclic) bond motifs is 1. The summed E-state index contributed by atoms with van der Waals surface area (Å²) < 4.78 is 6.11. The molecule has 24 heavy (non-hydrogen) atoms. The van der Waals surface area contributed by atoms with Crippen LogP contribution in [0.5, 0.6) is 5.75 Å². The van der Waals surface area contributed by atoms with Crippen LogP contribution in [0.15, 0.2) is 30.3 Å². The quantitative estimate of drug-likeness (QED) is 0.785. The number of nitrogens with zero attached hydrogens (tertiary/aromatic N) is 1. The molecule has 128 valence electrons. The van der Waals surface area contributed by atoms with Gasteiger partial charge >= 0.3 is 0 Å². The van der Waals surface area contributed by atoms with E-state index < -0.39 is 0 Å². The molecule has 3 nitrogen and oxygen atoms in total. The van der Waals surface area contributed by atoms with E-state index in [0.29, 0.717) is 11.2 Å². The van der Waals surface area contributed by atoms with Crippen molar-refractivity contribution in [1.29, 1.82) is 0 Å². The molecule has 0 radical (unpaired) electrons. The fourth-order valence-electron chi connectivity index (χ4n) is 3.43. The summed E-state index contributed by atoms with van der Waals surface area (Å²) in [4.78, 5) is 4.49. The Morgan fingerprint density at radius 2 is 1.88 bits per heavy atom. The van der Waals surface area contributed by atoms with E-state index in [1.165, 1.54) is 29.5 Å². The number of ether oxygens (including phenoxy) is 1. The fourth-order valence-corrected chi connectivity index (χ4v) is 3.43. The number of hydrogen-bond acceptors (Lipinski definition) is 3. The molecule has 0 amide bonds. The summed E-state index contributed by atoms with van der Waals surface area (Å²) in [7, 11) is 0. The largest absolute Gasteiger partial charge is 0.493 e. The molecular weight excluding hydrogens is 296 g/mol. The van der Waals surface area contributed by atoms with Crippen LogP contribution in [0.25, 0.3) is 11.3 Å². The molecule has 1 aliphatic carbocycles. The lowest BCUT2D eigenvalue weighted by Gasteiger charge is -2.19. The van der Waals surface area contributed by atoms with Gasteiger partial charge in [-0.1, -0.05) is 26.8 Å². The molecule has 0 fully saturated rings. The zero-order chi connectivity index (χ0) is 17.2. The Hall–Kier alpha value is -2.03. The predicted octanol–water partition coefficient (Wildman–Crippen LogP) is 5.02. The molecule has 3 rings (SSSR count). The Labute approximate surface area is 145 Å². The first-order valence-electron chi connectivity index (χ1n) is 8.94. The summed E-state index contributed by atoms with van der Waals surface area (Å²) in [5.74, 6) is 1.63. The Kier molecular flexibility index (Phi) is 4.79. The first-order chi connectivity index (χ1) is 11.4. The Bertz CT molecular complexity index is 716. The highest BCUT2D eigenvalue weighted by molar-refractivity contribution is 5.69. The van der Waals surface area contributed by atoms with E-state index in [1.54, 1.807) is 0 Å². The first kappa shape index (κ1) is 16.8. The number of aromatic nitrogens is 1. The van der Waals surface area contributed by atoms with Gasteiger partial charge in [0, 0.05) is 5.56 Å². The summed E-state index contributed by atoms with van der Waals surface area (Å²) in [6, 6.07) is 10.1. The second kappa shape index (κ2) is 6.84. The van der Waals surface area contributed by atoms with Crippen molar-refractivity contribution in [3.05, 3.63) is 41.5 Å². The highest BCUT2D eigenvalue weighted by Gasteiger charge is 2.21. The Morgan fingerprint density at radius 3 is 2.62 bits per heavy atom. The van der Waals surface area contributed by atoms with Crippen molar-refractivity contribution in [3.63, 3.8) is 0 Å². The fraction of sp³-hybridized carbons (Fsp3) is 0.476. The summed E-state index contributed by atoms with van der Waals surface area (Å²) in [5, 5.41) is 0. The van der Waals surface area contributed by atoms with Crippen molar-refractivity contribution >= 4 is 5.82 Å². The van der Waals surface area contributed by atoms with E-state index >= 15 is 0 Å². The van der Waals surface area contributed by atoms with Crippen molar-refractivity contribution in [1.82, 2.24) is 4.98 Å². The standard InChI is InChI=1S/C21H28N2O/c1-21(2,3)13-6-14-24-19-12-11-16(15-7-4-8-17(15)19)18-9-5-10-20(22)23-18/h5,9-12H,4,6-8,13-14H2,1-3H3,(H2,22,23). The summed E-state index contributed by atoms with van der Waals surface area (Å²) >= 11 is 0. The molecule has 1 aromatic heterocycles. The van der Waals surface area contributed by atoms with E-state index in [2.05, 4.69) is 37.9 Å². The molecule has 2 aromatic rings. The normalized spacial score (nSPS) is 13.8. The van der Waals surface area contributed by atoms with E-state index in [9.17, 15) is 0 Å². The number of benzene rings is 1. The Morgan fingerprint density at radius 1 is 1.08 bits per heavy atom. The van der Waals surface area contributed by atoms with Gasteiger partial charge in [0.05, 0.1) is 12.3 Å². The van der Waals surface area contributed by atoms with Crippen LogP contribution in [0.2, 0.25) is 0 Å². The average Bonchev–Trinajstić information content (AvgIpc) is 3.00. The van der Waals surface area contributed by atoms with Gasteiger partial charge in [0.25, 0.3) is 0 Å². The lowest BCUT2D eigenvalue weighted by molar-refractivity contribution is 0.267. The highest BCUT2D eigenvalue weighted by Crippen LogP contribution is 2.37. The topological polar surface area (TPSA) is 48.1 Å². The van der Waals surface area contributed by atoms with Gasteiger partial charge in [-0.15, -0.1) is 0 Å². The van der Waals surface area contributed by atoms with Gasteiger partial charge in [-0.3, -0.25) is 0 Å². The zero-order valence-electron chi connectivity index (χ0n) is 15.1. The van der Waals surface area contributed by atoms with Crippen molar-refractivity contribution in [3.8, 4) is 17.0 Å². The van der Waals surface area contributed by atoms with Crippen molar-refractivity contribution < 1.29 is 4.74 Å². The molecule has 1 aromatic carbocycles. The third-order valence-corrected chi connectivity index (χ3v) is 4.62. The molecule has 0 bridgehead atoms. The second-order valence-corrected chi connectivity index (χ2v) is 7.88. The molecule has 0 spiro atoms. The molecule has 0 saturated heterocycles. The first-order valence-corrected chi connectivity index (χ1v) is 8.94. The van der Waals surface area contributed by atoms with E-state index in [-0.39, 0.29) is 0 Å². The van der Waals surface area contributed by atoms with Gasteiger partial charge in [0.2, 0.25) is 0 Å². The van der Waals surface area contributed by atoms with E-state index in [1.807, 2.05) is 18.2 Å². The zero-order valence-corrected chi connectivity index (χ0v) is 15.1. The summed E-state index contributed by atoms with van der Waals surface area (Å²) in [6.45, 7) is 7.62. The third-order valence-electron chi connectivity index (χ3n) is 4.62. The number of rotatable bonds is 5. The smallest absolute Gasteiger partial charge is 0.124 e. The molecule has 0 unspecified atom stereocenters. The van der Waals surface area contributed by atoms with Crippen LogP contribution in [-0.4, -0.2) is 11.6 Å². The minimum atomic E-state index is 0.369. The summed E-state index contributed by atoms with van der Waals surface area (Å²) in [6.07, 6.45) is 5.66. The maximum Gasteiger partial charge on any atom is 0.124 e. The van der Waals surface area contributed by atoms with E-state index in [0.717, 1.165) is 37.3 Å². The molecule has 1 heterocycles. The van der Waals surface area contributed by atoms with Crippen LogP contribution < -0.4 is 10.5 Å². The third kappa shape index (κ3) is 3.89. The molecule has 0 atom stereocenters. The van der Waals surface area contributed by atoms with Crippen LogP contribution in [0, 0.1) is 5.41 Å². The molecular formula is C21H28N2O. The van der Waals surface area contributed by atoms with Crippen LogP contribution in [0.1, 0.15) is 51.2 Å². The maximum atomic E-state index is 6.11. The molecule has 0 aliphatic heterocycles. The van der Waals surface area contributed by atoms with Crippen LogP contribution in [0.4, 0.5) is 5.82 Å². The minimum Gasteiger partial charge on any atom is -0.493 e. The van der Waals surface area contributed by atoms with Crippen molar-refractivity contribution in [2.45, 2.75) is 52.9 Å². The van der Waals surface area contributed by atoms with Crippen molar-refractivity contribution in [2.75, 3.05) is 12.3 Å². The van der Waals surface area contributed by atoms with E-state index in [4.69, 9.17) is 10.5 Å². The average molecular weight is 324 g/mol.